The van der Waals surface area contributed by atoms with E-state index in [0.717, 1.165) is 0 Å². The monoisotopic (exact) mass is 344 g/mol. The lowest BCUT2D eigenvalue weighted by Gasteiger charge is -2.10. The first-order valence-corrected chi connectivity index (χ1v) is 6.31. The minimum Gasteiger partial charge on any atom is -0.488 e. The quantitative estimate of drug-likeness (QED) is 0.774. The highest BCUT2D eigenvalue weighted by Crippen LogP contribution is 2.24. The van der Waals surface area contributed by atoms with Crippen molar-refractivity contribution in [3.8, 4) is 5.75 Å². The number of hydrogen-bond donors (Lipinski definition) is 0. The lowest BCUT2D eigenvalue weighted by molar-refractivity contribution is 0.111. The largest absolute Gasteiger partial charge is 0.488 e. The first kappa shape index (κ1) is 14.6. The minimum absolute atomic E-state index is 0.186. The maximum atomic E-state index is 13.4. The molecule has 0 radical (unpaired) electrons. The van der Waals surface area contributed by atoms with Crippen molar-refractivity contribution in [3.05, 3.63) is 63.4 Å². The molecule has 20 heavy (non-hydrogen) atoms. The van der Waals surface area contributed by atoms with Crippen molar-refractivity contribution in [1.82, 2.24) is 0 Å². The molecule has 104 valence electrons. The number of halogens is 4. The van der Waals surface area contributed by atoms with Crippen molar-refractivity contribution in [1.29, 1.82) is 0 Å². The Morgan fingerprint density at radius 2 is 1.75 bits per heavy atom. The first-order chi connectivity index (χ1) is 9.51. The molecule has 0 unspecified atom stereocenters. The lowest BCUT2D eigenvalue weighted by Crippen LogP contribution is -2.04. The van der Waals surface area contributed by atoms with Gasteiger partial charge in [0, 0.05) is 16.6 Å². The third kappa shape index (κ3) is 3.19. The number of hydrogen-bond acceptors (Lipinski definition) is 2. The van der Waals surface area contributed by atoms with Crippen LogP contribution in [-0.4, -0.2) is 6.29 Å². The Morgan fingerprint density at radius 3 is 2.35 bits per heavy atom. The molecule has 2 aromatic carbocycles. The van der Waals surface area contributed by atoms with Gasteiger partial charge in [-0.1, -0.05) is 15.9 Å². The molecule has 0 aliphatic carbocycles. The van der Waals surface area contributed by atoms with Crippen LogP contribution in [0.25, 0.3) is 0 Å². The second-order valence-corrected chi connectivity index (χ2v) is 4.85. The smallest absolute Gasteiger partial charge is 0.153 e. The zero-order valence-corrected chi connectivity index (χ0v) is 11.6. The molecule has 0 heterocycles. The number of ether oxygens (including phenoxy) is 1. The predicted molar refractivity (Wildman–Crippen MR) is 70.2 cm³/mol. The molecule has 0 atom stereocenters. The number of carbonyl (C=O) groups is 1. The Labute approximate surface area is 121 Å². The minimum atomic E-state index is -1.03. The number of carbonyl (C=O) groups excluding carboxylic acids is 1. The summed E-state index contributed by atoms with van der Waals surface area (Å²) < 4.78 is 45.5. The van der Waals surface area contributed by atoms with Gasteiger partial charge in [0.15, 0.2) is 6.29 Å². The van der Waals surface area contributed by atoms with Crippen LogP contribution in [-0.2, 0) is 6.61 Å². The van der Waals surface area contributed by atoms with Crippen LogP contribution in [0.15, 0.2) is 34.8 Å². The van der Waals surface area contributed by atoms with E-state index in [1.165, 1.54) is 12.1 Å². The molecule has 0 saturated heterocycles. The van der Waals surface area contributed by atoms with Crippen molar-refractivity contribution in [2.45, 2.75) is 6.61 Å². The van der Waals surface area contributed by atoms with E-state index in [9.17, 15) is 18.0 Å². The summed E-state index contributed by atoms with van der Waals surface area (Å²) in [6, 6.07) is 5.78. The average molecular weight is 345 g/mol. The third-order valence-corrected chi connectivity index (χ3v) is 3.07. The van der Waals surface area contributed by atoms with Crippen molar-refractivity contribution >= 4 is 22.2 Å². The second-order valence-electron chi connectivity index (χ2n) is 3.94. The van der Waals surface area contributed by atoms with Crippen LogP contribution >= 0.6 is 15.9 Å². The molecular formula is C14H8BrF3O2. The number of rotatable bonds is 4. The molecule has 0 spiro atoms. The van der Waals surface area contributed by atoms with E-state index in [-0.39, 0.29) is 11.3 Å². The fourth-order valence-electron chi connectivity index (χ4n) is 1.60. The maximum Gasteiger partial charge on any atom is 0.153 e. The summed E-state index contributed by atoms with van der Waals surface area (Å²) in [7, 11) is 0. The van der Waals surface area contributed by atoms with Gasteiger partial charge in [0.25, 0.3) is 0 Å². The average Bonchev–Trinajstić information content (AvgIpc) is 2.38. The van der Waals surface area contributed by atoms with E-state index < -0.39 is 29.6 Å². The molecule has 0 bridgehead atoms. The van der Waals surface area contributed by atoms with Crippen LogP contribution in [0.1, 0.15) is 15.9 Å². The van der Waals surface area contributed by atoms with Gasteiger partial charge < -0.3 is 4.74 Å². The molecule has 0 aliphatic heterocycles. The first-order valence-electron chi connectivity index (χ1n) is 5.52. The Bertz CT molecular complexity index is 636. The standard InChI is InChI=1S/C14H8BrF3O2/c15-9-1-2-14(8(3-9)6-19)20-7-11-12(17)4-10(16)5-13(11)18/h1-6H,7H2. The molecule has 0 N–H and O–H groups in total. The van der Waals surface area contributed by atoms with E-state index in [0.29, 0.717) is 22.9 Å². The van der Waals surface area contributed by atoms with Gasteiger partial charge in [-0.15, -0.1) is 0 Å². The van der Waals surface area contributed by atoms with Crippen LogP contribution in [0.2, 0.25) is 0 Å². The summed E-state index contributed by atoms with van der Waals surface area (Å²) in [4.78, 5) is 10.9. The molecule has 2 aromatic rings. The van der Waals surface area contributed by atoms with Crippen molar-refractivity contribution in [3.63, 3.8) is 0 Å². The van der Waals surface area contributed by atoms with Crippen molar-refractivity contribution < 1.29 is 22.7 Å². The molecule has 0 aliphatic rings. The zero-order chi connectivity index (χ0) is 14.7. The van der Waals surface area contributed by atoms with Crippen LogP contribution in [0.5, 0.6) is 5.75 Å². The van der Waals surface area contributed by atoms with Crippen LogP contribution in [0.4, 0.5) is 13.2 Å². The van der Waals surface area contributed by atoms with Gasteiger partial charge in [0.05, 0.1) is 11.1 Å². The van der Waals surface area contributed by atoms with Crippen LogP contribution < -0.4 is 4.74 Å². The Kier molecular flexibility index (Phi) is 4.44. The lowest BCUT2D eigenvalue weighted by atomic mass is 10.2. The SMILES string of the molecule is O=Cc1cc(Br)ccc1OCc1c(F)cc(F)cc1F. The Morgan fingerprint density at radius 1 is 1.10 bits per heavy atom. The van der Waals surface area contributed by atoms with Gasteiger partial charge >= 0.3 is 0 Å². The molecular weight excluding hydrogens is 337 g/mol. The summed E-state index contributed by atoms with van der Waals surface area (Å²) in [5, 5.41) is 0. The third-order valence-electron chi connectivity index (χ3n) is 2.58. The summed E-state index contributed by atoms with van der Waals surface area (Å²) in [5.41, 5.74) is -0.159. The highest BCUT2D eigenvalue weighted by atomic mass is 79.9. The van der Waals surface area contributed by atoms with E-state index in [4.69, 9.17) is 4.74 Å². The fraction of sp³-hybridized carbons (Fsp3) is 0.0714. The molecule has 2 rings (SSSR count). The number of aldehydes is 1. The van der Waals surface area contributed by atoms with Gasteiger partial charge in [-0.2, -0.15) is 0 Å². The molecule has 6 heteroatoms. The van der Waals surface area contributed by atoms with Crippen LogP contribution in [0, 0.1) is 17.5 Å². The molecule has 2 nitrogen and oxygen atoms in total. The van der Waals surface area contributed by atoms with Gasteiger partial charge in [-0.05, 0) is 18.2 Å². The van der Waals surface area contributed by atoms with E-state index >= 15 is 0 Å². The van der Waals surface area contributed by atoms with Crippen molar-refractivity contribution in [2.75, 3.05) is 0 Å². The van der Waals surface area contributed by atoms with E-state index in [1.807, 2.05) is 0 Å². The summed E-state index contributed by atoms with van der Waals surface area (Å²) in [6.45, 7) is -0.444. The highest BCUT2D eigenvalue weighted by molar-refractivity contribution is 9.10. The molecule has 0 fully saturated rings. The van der Waals surface area contributed by atoms with E-state index in [1.54, 1.807) is 6.07 Å². The number of benzene rings is 2. The van der Waals surface area contributed by atoms with Gasteiger partial charge in [-0.25, -0.2) is 13.2 Å². The molecule has 0 saturated carbocycles. The second kappa shape index (κ2) is 6.09. The normalized spacial score (nSPS) is 10.4. The van der Waals surface area contributed by atoms with Gasteiger partial charge in [0.1, 0.15) is 29.8 Å². The van der Waals surface area contributed by atoms with E-state index in [2.05, 4.69) is 15.9 Å². The highest BCUT2D eigenvalue weighted by Gasteiger charge is 2.13. The molecule has 0 aromatic heterocycles. The van der Waals surface area contributed by atoms with Gasteiger partial charge in [0.2, 0.25) is 0 Å². The zero-order valence-electron chi connectivity index (χ0n) is 10.00. The Balaban J connectivity index is 2.23. The topological polar surface area (TPSA) is 26.3 Å². The Hall–Kier alpha value is -1.82. The summed E-state index contributed by atoms with van der Waals surface area (Å²) >= 11 is 3.19. The van der Waals surface area contributed by atoms with Gasteiger partial charge in [-0.3, -0.25) is 4.79 Å². The maximum absolute atomic E-state index is 13.4. The summed E-state index contributed by atoms with van der Waals surface area (Å²) in [6.07, 6.45) is 0.567. The predicted octanol–water partition coefficient (Wildman–Crippen LogP) is 4.26. The molecule has 0 amide bonds. The fourth-order valence-corrected chi connectivity index (χ4v) is 1.98. The van der Waals surface area contributed by atoms with Crippen LogP contribution in [0.3, 0.4) is 0 Å². The summed E-state index contributed by atoms with van der Waals surface area (Å²) in [5.74, 6) is -2.88. The van der Waals surface area contributed by atoms with Crippen molar-refractivity contribution in [2.24, 2.45) is 0 Å².